The van der Waals surface area contributed by atoms with Crippen molar-refractivity contribution in [2.24, 2.45) is 5.92 Å². The van der Waals surface area contributed by atoms with Crippen molar-refractivity contribution >= 4 is 5.91 Å². The fourth-order valence-corrected chi connectivity index (χ4v) is 2.73. The van der Waals surface area contributed by atoms with Crippen molar-refractivity contribution in [2.45, 2.75) is 39.7 Å². The molecule has 22 heavy (non-hydrogen) atoms. The number of hydrogen-bond donors (Lipinski definition) is 2. The van der Waals surface area contributed by atoms with Crippen LogP contribution in [0.15, 0.2) is 4.42 Å². The Balaban J connectivity index is 1.66. The van der Waals surface area contributed by atoms with Gasteiger partial charge in [-0.3, -0.25) is 9.69 Å². The monoisotopic (exact) mass is 308 g/mol. The number of piperidine rings is 1. The van der Waals surface area contributed by atoms with Gasteiger partial charge in [-0.05, 0) is 52.7 Å². The zero-order valence-corrected chi connectivity index (χ0v) is 13.9. The number of aryl methyl sites for hydroxylation is 2. The molecule has 2 heterocycles. The summed E-state index contributed by atoms with van der Waals surface area (Å²) < 4.78 is 5.64. The number of likely N-dealkylation sites (tertiary alicyclic amines) is 1. The summed E-state index contributed by atoms with van der Waals surface area (Å²) >= 11 is 0. The van der Waals surface area contributed by atoms with E-state index < -0.39 is 0 Å². The first-order valence-corrected chi connectivity index (χ1v) is 8.15. The SMILES string of the molecule is CNCCC(=O)NCC1CCN(Cc2nc(C)c(C)o2)CC1. The van der Waals surface area contributed by atoms with Gasteiger partial charge >= 0.3 is 0 Å². The molecule has 1 amide bonds. The van der Waals surface area contributed by atoms with Crippen LogP contribution in [0.4, 0.5) is 0 Å². The largest absolute Gasteiger partial charge is 0.444 e. The maximum Gasteiger partial charge on any atom is 0.221 e. The molecule has 1 aliphatic heterocycles. The molecule has 0 aliphatic carbocycles. The highest BCUT2D eigenvalue weighted by molar-refractivity contribution is 5.76. The summed E-state index contributed by atoms with van der Waals surface area (Å²) in [6, 6.07) is 0. The van der Waals surface area contributed by atoms with Crippen molar-refractivity contribution in [1.29, 1.82) is 0 Å². The quantitative estimate of drug-likeness (QED) is 0.793. The Morgan fingerprint density at radius 3 is 2.68 bits per heavy atom. The summed E-state index contributed by atoms with van der Waals surface area (Å²) in [4.78, 5) is 18.4. The van der Waals surface area contributed by atoms with Crippen molar-refractivity contribution in [3.8, 4) is 0 Å². The first-order valence-electron chi connectivity index (χ1n) is 8.15. The summed E-state index contributed by atoms with van der Waals surface area (Å²) in [5.41, 5.74) is 0.981. The molecule has 124 valence electrons. The predicted octanol–water partition coefficient (Wildman–Crippen LogP) is 1.23. The van der Waals surface area contributed by atoms with Gasteiger partial charge in [0.25, 0.3) is 0 Å². The van der Waals surface area contributed by atoms with E-state index in [-0.39, 0.29) is 5.91 Å². The van der Waals surface area contributed by atoms with E-state index in [4.69, 9.17) is 4.42 Å². The number of carbonyl (C=O) groups is 1. The van der Waals surface area contributed by atoms with Crippen LogP contribution in [0.25, 0.3) is 0 Å². The summed E-state index contributed by atoms with van der Waals surface area (Å²) in [5.74, 6) is 2.45. The third kappa shape index (κ3) is 5.10. The van der Waals surface area contributed by atoms with E-state index >= 15 is 0 Å². The van der Waals surface area contributed by atoms with E-state index in [1.807, 2.05) is 20.9 Å². The van der Waals surface area contributed by atoms with Gasteiger partial charge < -0.3 is 15.1 Å². The van der Waals surface area contributed by atoms with Crippen LogP contribution in [-0.2, 0) is 11.3 Å². The lowest BCUT2D eigenvalue weighted by Gasteiger charge is -2.31. The van der Waals surface area contributed by atoms with Gasteiger partial charge in [-0.15, -0.1) is 0 Å². The van der Waals surface area contributed by atoms with E-state index in [0.717, 1.165) is 62.9 Å². The fraction of sp³-hybridized carbons (Fsp3) is 0.750. The van der Waals surface area contributed by atoms with E-state index in [0.29, 0.717) is 12.3 Å². The highest BCUT2D eigenvalue weighted by Crippen LogP contribution is 2.19. The van der Waals surface area contributed by atoms with Gasteiger partial charge in [0.05, 0.1) is 12.2 Å². The van der Waals surface area contributed by atoms with Gasteiger partial charge in [0, 0.05) is 19.5 Å². The number of rotatable bonds is 7. The molecule has 6 nitrogen and oxygen atoms in total. The normalized spacial score (nSPS) is 16.9. The van der Waals surface area contributed by atoms with Gasteiger partial charge in [-0.2, -0.15) is 0 Å². The number of nitrogens with one attached hydrogen (secondary N) is 2. The molecule has 0 bridgehead atoms. The van der Waals surface area contributed by atoms with Crippen LogP contribution in [0.2, 0.25) is 0 Å². The molecule has 2 rings (SSSR count). The van der Waals surface area contributed by atoms with Gasteiger partial charge in [0.1, 0.15) is 5.76 Å². The van der Waals surface area contributed by atoms with Crippen molar-refractivity contribution in [2.75, 3.05) is 33.2 Å². The Morgan fingerprint density at radius 2 is 2.09 bits per heavy atom. The summed E-state index contributed by atoms with van der Waals surface area (Å²) in [7, 11) is 1.86. The third-order valence-corrected chi connectivity index (χ3v) is 4.33. The zero-order valence-electron chi connectivity index (χ0n) is 13.9. The average molecular weight is 308 g/mol. The lowest BCUT2D eigenvalue weighted by Crippen LogP contribution is -2.38. The van der Waals surface area contributed by atoms with Crippen LogP contribution in [0, 0.1) is 19.8 Å². The molecule has 1 aromatic heterocycles. The molecule has 1 saturated heterocycles. The van der Waals surface area contributed by atoms with Crippen LogP contribution in [0.1, 0.15) is 36.6 Å². The molecular weight excluding hydrogens is 280 g/mol. The van der Waals surface area contributed by atoms with Gasteiger partial charge in [0.15, 0.2) is 0 Å². The molecular formula is C16H28N4O2. The molecule has 0 aromatic carbocycles. The van der Waals surface area contributed by atoms with E-state index in [2.05, 4.69) is 20.5 Å². The Labute approximate surface area is 132 Å². The molecule has 2 N–H and O–H groups in total. The zero-order chi connectivity index (χ0) is 15.9. The first kappa shape index (κ1) is 17.0. The smallest absolute Gasteiger partial charge is 0.221 e. The topological polar surface area (TPSA) is 70.4 Å². The molecule has 1 fully saturated rings. The second-order valence-corrected chi connectivity index (χ2v) is 6.13. The van der Waals surface area contributed by atoms with Gasteiger partial charge in [0.2, 0.25) is 11.8 Å². The van der Waals surface area contributed by atoms with Crippen molar-refractivity contribution in [3.63, 3.8) is 0 Å². The number of carbonyl (C=O) groups excluding carboxylic acids is 1. The minimum atomic E-state index is 0.141. The molecule has 1 aromatic rings. The van der Waals surface area contributed by atoms with Crippen LogP contribution in [0.5, 0.6) is 0 Å². The lowest BCUT2D eigenvalue weighted by atomic mass is 9.97. The minimum Gasteiger partial charge on any atom is -0.444 e. The van der Waals surface area contributed by atoms with Crippen molar-refractivity contribution in [1.82, 2.24) is 20.5 Å². The highest BCUT2D eigenvalue weighted by Gasteiger charge is 2.21. The first-order chi connectivity index (χ1) is 10.6. The molecule has 0 saturated carbocycles. The number of hydrogen-bond acceptors (Lipinski definition) is 5. The number of aromatic nitrogens is 1. The average Bonchev–Trinajstić information content (AvgIpc) is 2.82. The second kappa shape index (κ2) is 8.29. The fourth-order valence-electron chi connectivity index (χ4n) is 2.73. The van der Waals surface area contributed by atoms with Gasteiger partial charge in [-0.25, -0.2) is 4.98 Å². The molecule has 0 spiro atoms. The van der Waals surface area contributed by atoms with Crippen LogP contribution in [-0.4, -0.2) is 49.0 Å². The second-order valence-electron chi connectivity index (χ2n) is 6.13. The summed E-state index contributed by atoms with van der Waals surface area (Å²) in [6.07, 6.45) is 2.79. The van der Waals surface area contributed by atoms with Crippen molar-refractivity contribution in [3.05, 3.63) is 17.3 Å². The van der Waals surface area contributed by atoms with Crippen LogP contribution >= 0.6 is 0 Å². The van der Waals surface area contributed by atoms with Crippen LogP contribution < -0.4 is 10.6 Å². The predicted molar refractivity (Wildman–Crippen MR) is 85.5 cm³/mol. The summed E-state index contributed by atoms with van der Waals surface area (Å²) in [6.45, 7) is 8.33. The van der Waals surface area contributed by atoms with E-state index in [9.17, 15) is 4.79 Å². The van der Waals surface area contributed by atoms with Crippen LogP contribution in [0.3, 0.4) is 0 Å². The standard InChI is InChI=1S/C16H28N4O2/c1-12-13(2)22-16(19-12)11-20-8-5-14(6-9-20)10-18-15(21)4-7-17-3/h14,17H,4-11H2,1-3H3,(H,18,21). The van der Waals surface area contributed by atoms with Crippen molar-refractivity contribution < 1.29 is 9.21 Å². The lowest BCUT2D eigenvalue weighted by molar-refractivity contribution is -0.121. The number of oxazole rings is 1. The minimum absolute atomic E-state index is 0.141. The Hall–Kier alpha value is -1.40. The highest BCUT2D eigenvalue weighted by atomic mass is 16.4. The molecule has 0 atom stereocenters. The molecule has 0 radical (unpaired) electrons. The van der Waals surface area contributed by atoms with E-state index in [1.165, 1.54) is 0 Å². The number of nitrogens with zero attached hydrogens (tertiary/aromatic N) is 2. The number of amides is 1. The maximum atomic E-state index is 11.6. The summed E-state index contributed by atoms with van der Waals surface area (Å²) in [5, 5.41) is 6.02. The molecule has 1 aliphatic rings. The Kier molecular flexibility index (Phi) is 6.39. The molecule has 0 unspecified atom stereocenters. The Bertz CT molecular complexity index is 459. The van der Waals surface area contributed by atoms with E-state index in [1.54, 1.807) is 0 Å². The third-order valence-electron chi connectivity index (χ3n) is 4.33. The molecule has 6 heteroatoms. The Morgan fingerprint density at radius 1 is 1.36 bits per heavy atom. The maximum absolute atomic E-state index is 11.6. The van der Waals surface area contributed by atoms with Gasteiger partial charge in [-0.1, -0.05) is 0 Å².